The van der Waals surface area contributed by atoms with Gasteiger partial charge in [0.25, 0.3) is 0 Å². The van der Waals surface area contributed by atoms with Crippen molar-refractivity contribution in [3.8, 4) is 0 Å². The van der Waals surface area contributed by atoms with E-state index in [9.17, 15) is 14.4 Å². The Morgan fingerprint density at radius 3 is 2.35 bits per heavy atom. The lowest BCUT2D eigenvalue weighted by molar-refractivity contribution is -0.141. The zero-order valence-corrected chi connectivity index (χ0v) is 10.5. The number of nitrogens with one attached hydrogen (secondary N) is 2. The summed E-state index contributed by atoms with van der Waals surface area (Å²) in [6.45, 7) is 1.34. The van der Waals surface area contributed by atoms with Crippen LogP contribution < -0.4 is 16.4 Å². The first kappa shape index (κ1) is 15.6. The number of carbonyl (C=O) groups is 3. The van der Waals surface area contributed by atoms with Crippen LogP contribution in [0.3, 0.4) is 0 Å². The van der Waals surface area contributed by atoms with E-state index in [1.165, 1.54) is 18.7 Å². The van der Waals surface area contributed by atoms with Gasteiger partial charge in [-0.3, -0.25) is 9.59 Å². The van der Waals surface area contributed by atoms with Gasteiger partial charge >= 0.3 is 12.0 Å². The first-order valence-electron chi connectivity index (χ1n) is 4.96. The maximum Gasteiger partial charge on any atom is 0.325 e. The molecule has 0 saturated carbocycles. The Labute approximate surface area is 104 Å². The highest BCUT2D eigenvalue weighted by Gasteiger charge is 2.22. The van der Waals surface area contributed by atoms with Gasteiger partial charge in [0.05, 0.1) is 0 Å². The summed E-state index contributed by atoms with van der Waals surface area (Å²) in [5.74, 6) is -1.03. The van der Waals surface area contributed by atoms with Crippen molar-refractivity contribution in [2.45, 2.75) is 25.4 Å². The van der Waals surface area contributed by atoms with Gasteiger partial charge in [0.1, 0.15) is 12.1 Å². The van der Waals surface area contributed by atoms with Crippen molar-refractivity contribution in [1.82, 2.24) is 10.6 Å². The molecule has 0 aromatic heterocycles. The molecule has 98 valence electrons. The van der Waals surface area contributed by atoms with E-state index < -0.39 is 30.0 Å². The number of thioether (sulfide) groups is 1. The summed E-state index contributed by atoms with van der Waals surface area (Å²) < 4.78 is 0. The predicted molar refractivity (Wildman–Crippen MR) is 64.7 cm³/mol. The highest BCUT2D eigenvalue weighted by Crippen LogP contribution is 2.01. The molecular formula is C9H17N3O4S. The number of urea groups is 1. The normalized spacial score (nSPS) is 13.5. The maximum atomic E-state index is 11.6. The zero-order chi connectivity index (χ0) is 13.4. The molecule has 0 aliphatic carbocycles. The number of primary amides is 1. The van der Waals surface area contributed by atoms with E-state index in [0.29, 0.717) is 12.2 Å². The number of carboxylic acid groups (broad SMARTS) is 1. The first-order valence-corrected chi connectivity index (χ1v) is 6.36. The minimum atomic E-state index is -1.14. The van der Waals surface area contributed by atoms with Gasteiger partial charge in [-0.1, -0.05) is 0 Å². The van der Waals surface area contributed by atoms with Gasteiger partial charge in [-0.15, -0.1) is 0 Å². The highest BCUT2D eigenvalue weighted by atomic mass is 32.2. The lowest BCUT2D eigenvalue weighted by Crippen LogP contribution is -2.52. The molecule has 17 heavy (non-hydrogen) atoms. The van der Waals surface area contributed by atoms with Gasteiger partial charge in [-0.25, -0.2) is 4.79 Å². The van der Waals surface area contributed by atoms with E-state index in [2.05, 4.69) is 10.6 Å². The number of hydrogen-bond acceptors (Lipinski definition) is 4. The molecule has 0 heterocycles. The number of amides is 3. The molecule has 0 aromatic rings. The second-order valence-corrected chi connectivity index (χ2v) is 4.40. The van der Waals surface area contributed by atoms with Crippen LogP contribution in [0, 0.1) is 0 Å². The third-order valence-corrected chi connectivity index (χ3v) is 2.62. The molecule has 0 aliphatic heterocycles. The molecule has 0 spiro atoms. The summed E-state index contributed by atoms with van der Waals surface area (Å²) in [6, 6.07) is -2.62. The van der Waals surface area contributed by atoms with Crippen LogP contribution in [0.5, 0.6) is 0 Å². The van der Waals surface area contributed by atoms with Crippen LogP contribution in [-0.4, -0.2) is 47.1 Å². The SMILES string of the molecule is CSCCC(NC(N)=O)C(=O)N[C@@H](C)C(=O)O. The van der Waals surface area contributed by atoms with Gasteiger partial charge in [0.15, 0.2) is 0 Å². The molecule has 0 bridgehead atoms. The van der Waals surface area contributed by atoms with E-state index in [1.54, 1.807) is 0 Å². The van der Waals surface area contributed by atoms with Crippen molar-refractivity contribution in [3.05, 3.63) is 0 Å². The molecule has 7 nitrogen and oxygen atoms in total. The van der Waals surface area contributed by atoms with Crippen molar-refractivity contribution in [2.24, 2.45) is 5.73 Å². The smallest absolute Gasteiger partial charge is 0.325 e. The van der Waals surface area contributed by atoms with Crippen LogP contribution in [0.25, 0.3) is 0 Å². The van der Waals surface area contributed by atoms with Crippen LogP contribution in [-0.2, 0) is 9.59 Å². The predicted octanol–water partition coefficient (Wildman–Crippen LogP) is -0.634. The van der Waals surface area contributed by atoms with Crippen molar-refractivity contribution >= 4 is 29.7 Å². The fourth-order valence-electron chi connectivity index (χ4n) is 1.05. The number of carbonyl (C=O) groups excluding carboxylic acids is 2. The topological polar surface area (TPSA) is 122 Å². The monoisotopic (exact) mass is 263 g/mol. The third-order valence-electron chi connectivity index (χ3n) is 1.97. The summed E-state index contributed by atoms with van der Waals surface area (Å²) in [7, 11) is 0. The Morgan fingerprint density at radius 1 is 1.35 bits per heavy atom. The molecule has 1 unspecified atom stereocenters. The Morgan fingerprint density at radius 2 is 1.94 bits per heavy atom. The number of nitrogens with two attached hydrogens (primary N) is 1. The van der Waals surface area contributed by atoms with Crippen LogP contribution in [0.1, 0.15) is 13.3 Å². The van der Waals surface area contributed by atoms with Crippen LogP contribution in [0.2, 0.25) is 0 Å². The Bertz CT molecular complexity index is 298. The lowest BCUT2D eigenvalue weighted by atomic mass is 10.2. The fourth-order valence-corrected chi connectivity index (χ4v) is 1.52. The largest absolute Gasteiger partial charge is 0.480 e. The molecule has 0 rings (SSSR count). The van der Waals surface area contributed by atoms with E-state index in [4.69, 9.17) is 10.8 Å². The quantitative estimate of drug-likeness (QED) is 0.487. The van der Waals surface area contributed by atoms with E-state index >= 15 is 0 Å². The summed E-state index contributed by atoms with van der Waals surface area (Å²) >= 11 is 1.51. The van der Waals surface area contributed by atoms with Crippen molar-refractivity contribution in [3.63, 3.8) is 0 Å². The summed E-state index contributed by atoms with van der Waals surface area (Å²) in [4.78, 5) is 32.9. The molecule has 0 aliphatic rings. The average molecular weight is 263 g/mol. The highest BCUT2D eigenvalue weighted by molar-refractivity contribution is 7.98. The van der Waals surface area contributed by atoms with Gasteiger partial charge in [0.2, 0.25) is 5.91 Å². The molecule has 3 amide bonds. The molecule has 0 radical (unpaired) electrons. The molecule has 0 saturated heterocycles. The van der Waals surface area contributed by atoms with Crippen molar-refractivity contribution in [2.75, 3.05) is 12.0 Å². The second-order valence-electron chi connectivity index (χ2n) is 3.41. The number of aliphatic carboxylic acids is 1. The van der Waals surface area contributed by atoms with E-state index in [1.807, 2.05) is 6.26 Å². The van der Waals surface area contributed by atoms with E-state index in [0.717, 1.165) is 0 Å². The minimum Gasteiger partial charge on any atom is -0.480 e. The molecule has 8 heteroatoms. The van der Waals surface area contributed by atoms with Crippen molar-refractivity contribution in [1.29, 1.82) is 0 Å². The van der Waals surface area contributed by atoms with Crippen LogP contribution in [0.4, 0.5) is 4.79 Å². The standard InChI is InChI=1S/C9H17N3O4S/c1-5(8(14)15)11-7(13)6(3-4-17-2)12-9(10)16/h5-6H,3-4H2,1-2H3,(H,11,13)(H,14,15)(H3,10,12,16)/t5-,6?/m0/s1. The Balaban J connectivity index is 4.40. The summed E-state index contributed by atoms with van der Waals surface area (Å²) in [6.07, 6.45) is 2.25. The molecular weight excluding hydrogens is 246 g/mol. The van der Waals surface area contributed by atoms with Gasteiger partial charge in [-0.2, -0.15) is 11.8 Å². The molecule has 2 atom stereocenters. The first-order chi connectivity index (χ1) is 7.88. The summed E-state index contributed by atoms with van der Waals surface area (Å²) in [5, 5.41) is 13.2. The number of rotatable bonds is 7. The summed E-state index contributed by atoms with van der Waals surface area (Å²) in [5.41, 5.74) is 4.94. The molecule has 5 N–H and O–H groups in total. The molecule has 0 fully saturated rings. The number of hydrogen-bond donors (Lipinski definition) is 4. The minimum absolute atomic E-state index is 0.391. The molecule has 0 aromatic carbocycles. The average Bonchev–Trinajstić information content (AvgIpc) is 2.23. The van der Waals surface area contributed by atoms with Gasteiger partial charge in [-0.05, 0) is 25.4 Å². The van der Waals surface area contributed by atoms with Crippen molar-refractivity contribution < 1.29 is 19.5 Å². The second kappa shape index (κ2) is 7.77. The lowest BCUT2D eigenvalue weighted by Gasteiger charge is -2.18. The fraction of sp³-hybridized carbons (Fsp3) is 0.667. The maximum absolute atomic E-state index is 11.6. The van der Waals surface area contributed by atoms with Gasteiger partial charge < -0.3 is 21.5 Å². The zero-order valence-electron chi connectivity index (χ0n) is 9.73. The number of carboxylic acids is 1. The Kier molecular flexibility index (Phi) is 7.11. The third kappa shape index (κ3) is 6.67. The van der Waals surface area contributed by atoms with E-state index in [-0.39, 0.29) is 0 Å². The van der Waals surface area contributed by atoms with Crippen LogP contribution >= 0.6 is 11.8 Å². The van der Waals surface area contributed by atoms with Crippen LogP contribution in [0.15, 0.2) is 0 Å². The van der Waals surface area contributed by atoms with Gasteiger partial charge in [0, 0.05) is 0 Å². The Hall–Kier alpha value is -1.44.